The standard InChI is InChI=1S/C41H55ClF3N13O5/c1-54-33(31-26-57(53-37(31)41(43,44)45)34-11-9-29(24-50-34)49-15-14-48)25-51-38(54)39(62)52-28-8-10-30(32(42)23-28)40(63)56-18-16-55(17-19-56)35(59)7-6-22-58(27-36(60)61,20-4-2-12-46)21-5-3-13-47/h8-11,23-26,49H,2-7,12-22,27,46-48H2,1H3,(H-,52,60,61,62,63)/p+1. The molecule has 1 saturated heterocycles. The number of imidazole rings is 1. The highest BCUT2D eigenvalue weighted by molar-refractivity contribution is 6.34. The van der Waals surface area contributed by atoms with Gasteiger partial charge in [-0.15, -0.1) is 0 Å². The van der Waals surface area contributed by atoms with Gasteiger partial charge in [0, 0.05) is 71.0 Å². The number of piperazine rings is 1. The number of carbonyl (C=O) groups is 4. The Morgan fingerprint density at radius 3 is 2.10 bits per heavy atom. The number of alkyl halides is 3. The average molecular weight is 903 g/mol. The fourth-order valence-electron chi connectivity index (χ4n) is 7.65. The van der Waals surface area contributed by atoms with Gasteiger partial charge in [0.1, 0.15) is 0 Å². The van der Waals surface area contributed by atoms with Crippen molar-refractivity contribution in [2.24, 2.45) is 24.2 Å². The first-order valence-electron chi connectivity index (χ1n) is 20.8. The number of nitrogens with two attached hydrogens (primary N) is 3. The number of aromatic nitrogens is 5. The minimum atomic E-state index is -4.84. The van der Waals surface area contributed by atoms with Gasteiger partial charge in [0.25, 0.3) is 11.8 Å². The predicted octanol–water partition coefficient (Wildman–Crippen LogP) is 3.41. The van der Waals surface area contributed by atoms with Gasteiger partial charge in [0.2, 0.25) is 5.91 Å². The third-order valence-electron chi connectivity index (χ3n) is 10.9. The van der Waals surface area contributed by atoms with E-state index in [4.69, 9.17) is 28.8 Å². The van der Waals surface area contributed by atoms with Crippen LogP contribution in [0.1, 0.15) is 65.2 Å². The Hall–Kier alpha value is -5.61. The number of hydrogen-bond donors (Lipinski definition) is 6. The summed E-state index contributed by atoms with van der Waals surface area (Å²) in [7, 11) is 1.40. The van der Waals surface area contributed by atoms with E-state index in [1.54, 1.807) is 15.9 Å². The Labute approximate surface area is 368 Å². The van der Waals surface area contributed by atoms with Crippen LogP contribution in [0.2, 0.25) is 5.02 Å². The van der Waals surface area contributed by atoms with Crippen LogP contribution in [0.3, 0.4) is 0 Å². The first kappa shape index (κ1) is 48.4. The molecule has 9 N–H and O–H groups in total. The van der Waals surface area contributed by atoms with Crippen LogP contribution in [-0.2, 0) is 22.8 Å². The van der Waals surface area contributed by atoms with Crippen LogP contribution in [0.25, 0.3) is 17.1 Å². The quantitative estimate of drug-likeness (QED) is 0.0491. The molecule has 0 aliphatic carbocycles. The van der Waals surface area contributed by atoms with Crippen LogP contribution in [0.4, 0.5) is 24.5 Å². The number of halogens is 4. The van der Waals surface area contributed by atoms with Crippen LogP contribution in [0.15, 0.2) is 48.9 Å². The maximum atomic E-state index is 14.2. The van der Waals surface area contributed by atoms with Gasteiger partial charge in [-0.25, -0.2) is 19.4 Å². The van der Waals surface area contributed by atoms with Gasteiger partial charge in [-0.2, -0.15) is 18.3 Å². The monoisotopic (exact) mass is 902 g/mol. The second-order valence-corrected chi connectivity index (χ2v) is 15.9. The van der Waals surface area contributed by atoms with Crippen molar-refractivity contribution in [1.29, 1.82) is 0 Å². The predicted molar refractivity (Wildman–Crippen MR) is 231 cm³/mol. The van der Waals surface area contributed by atoms with E-state index in [0.717, 1.165) is 36.6 Å². The van der Waals surface area contributed by atoms with Crippen molar-refractivity contribution < 1.29 is 41.9 Å². The number of nitrogens with one attached hydrogen (secondary N) is 2. The number of aliphatic carboxylic acids is 1. The summed E-state index contributed by atoms with van der Waals surface area (Å²) in [5, 5.41) is 19.2. The van der Waals surface area contributed by atoms with Crippen molar-refractivity contribution in [3.8, 4) is 17.1 Å². The van der Waals surface area contributed by atoms with E-state index in [2.05, 4.69) is 25.7 Å². The number of carboxylic acid groups (broad SMARTS) is 1. The topological polar surface area (TPSA) is 246 Å². The van der Waals surface area contributed by atoms with Crippen LogP contribution < -0.4 is 27.8 Å². The number of anilines is 2. The molecule has 1 aliphatic rings. The van der Waals surface area contributed by atoms with Gasteiger partial charge < -0.3 is 51.8 Å². The molecule has 0 unspecified atom stereocenters. The summed E-state index contributed by atoms with van der Waals surface area (Å²) in [5.41, 5.74) is 16.4. The Kier molecular flexibility index (Phi) is 17.0. The molecule has 1 aromatic carbocycles. The van der Waals surface area contributed by atoms with E-state index < -0.39 is 23.7 Å². The summed E-state index contributed by atoms with van der Waals surface area (Å²) in [6.07, 6.45) is 2.85. The van der Waals surface area contributed by atoms with Crippen LogP contribution in [0, 0.1) is 0 Å². The van der Waals surface area contributed by atoms with E-state index in [1.807, 2.05) is 0 Å². The molecule has 18 nitrogen and oxygen atoms in total. The zero-order valence-corrected chi connectivity index (χ0v) is 36.0. The summed E-state index contributed by atoms with van der Waals surface area (Å²) >= 11 is 6.55. The van der Waals surface area contributed by atoms with E-state index in [1.165, 1.54) is 48.3 Å². The first-order chi connectivity index (χ1) is 30.1. The van der Waals surface area contributed by atoms with Crippen molar-refractivity contribution in [2.75, 3.05) is 89.2 Å². The van der Waals surface area contributed by atoms with Crippen LogP contribution in [0.5, 0.6) is 0 Å². The van der Waals surface area contributed by atoms with Gasteiger partial charge in [-0.1, -0.05) is 11.6 Å². The second-order valence-electron chi connectivity index (χ2n) is 15.5. The lowest BCUT2D eigenvalue weighted by molar-refractivity contribution is -0.922. The fraction of sp³-hybridized carbons (Fsp3) is 0.488. The summed E-state index contributed by atoms with van der Waals surface area (Å²) < 4.78 is 45.3. The van der Waals surface area contributed by atoms with Gasteiger partial charge in [-0.05, 0) is 69.1 Å². The van der Waals surface area contributed by atoms with Crippen molar-refractivity contribution >= 4 is 46.7 Å². The molecule has 1 aliphatic heterocycles. The number of carboxylic acids is 1. The molecule has 0 spiro atoms. The van der Waals surface area contributed by atoms with Gasteiger partial charge in [-0.3, -0.25) is 14.4 Å². The fourth-order valence-corrected chi connectivity index (χ4v) is 7.91. The molecule has 0 atom stereocenters. The third-order valence-corrected chi connectivity index (χ3v) is 11.3. The Bertz CT molecular complexity index is 2180. The maximum absolute atomic E-state index is 14.2. The smallest absolute Gasteiger partial charge is 0.435 e. The molecule has 342 valence electrons. The Morgan fingerprint density at radius 2 is 1.51 bits per heavy atom. The normalized spacial score (nSPS) is 13.3. The lowest BCUT2D eigenvalue weighted by Gasteiger charge is -2.38. The minimum Gasteiger partial charge on any atom is -0.477 e. The maximum Gasteiger partial charge on any atom is 0.435 e. The molecule has 4 aromatic rings. The number of carbonyl (C=O) groups excluding carboxylic acids is 3. The highest BCUT2D eigenvalue weighted by Crippen LogP contribution is 2.37. The molecule has 4 heterocycles. The largest absolute Gasteiger partial charge is 0.477 e. The first-order valence-corrected chi connectivity index (χ1v) is 21.2. The van der Waals surface area contributed by atoms with Crippen molar-refractivity contribution in [3.05, 3.63) is 71.0 Å². The van der Waals surface area contributed by atoms with E-state index >= 15 is 0 Å². The number of benzene rings is 1. The highest BCUT2D eigenvalue weighted by atomic mass is 35.5. The molecule has 22 heteroatoms. The van der Waals surface area contributed by atoms with Crippen molar-refractivity contribution in [3.63, 3.8) is 0 Å². The summed E-state index contributed by atoms with van der Waals surface area (Å²) in [6, 6.07) is 7.47. The number of amides is 3. The van der Waals surface area contributed by atoms with E-state index in [-0.39, 0.29) is 77.0 Å². The summed E-state index contributed by atoms with van der Waals surface area (Å²) in [6.45, 7) is 4.92. The summed E-state index contributed by atoms with van der Waals surface area (Å²) in [5.74, 6) is -2.13. The van der Waals surface area contributed by atoms with Crippen LogP contribution >= 0.6 is 11.6 Å². The number of nitrogens with zero attached hydrogens (tertiary/aromatic N) is 8. The Balaban J connectivity index is 1.18. The van der Waals surface area contributed by atoms with E-state index in [9.17, 15) is 37.5 Å². The number of rotatable bonds is 22. The minimum absolute atomic E-state index is 0.0270. The van der Waals surface area contributed by atoms with Gasteiger partial charge in [0.15, 0.2) is 23.9 Å². The zero-order chi connectivity index (χ0) is 45.7. The molecule has 0 bridgehead atoms. The zero-order valence-electron chi connectivity index (χ0n) is 35.2. The van der Waals surface area contributed by atoms with Crippen LogP contribution in [-0.4, -0.2) is 146 Å². The summed E-state index contributed by atoms with van der Waals surface area (Å²) in [4.78, 5) is 63.6. The lowest BCUT2D eigenvalue weighted by atomic mass is 10.1. The molecule has 0 radical (unpaired) electrons. The molecule has 1 fully saturated rings. The Morgan fingerprint density at radius 1 is 0.857 bits per heavy atom. The molecule has 63 heavy (non-hydrogen) atoms. The lowest BCUT2D eigenvalue weighted by Crippen LogP contribution is -2.54. The van der Waals surface area contributed by atoms with Gasteiger partial charge >= 0.3 is 12.1 Å². The number of hydrogen-bond acceptors (Lipinski definition) is 11. The molecule has 3 aromatic heterocycles. The number of pyridine rings is 1. The number of unbranched alkanes of at least 4 members (excludes halogenated alkanes) is 2. The highest BCUT2D eigenvalue weighted by Gasteiger charge is 2.39. The number of quaternary nitrogens is 1. The third kappa shape index (κ3) is 12.7. The van der Waals surface area contributed by atoms with Crippen molar-refractivity contribution in [1.82, 2.24) is 34.1 Å². The molecular formula is C41H56ClF3N13O5+. The van der Waals surface area contributed by atoms with Crippen molar-refractivity contribution in [2.45, 2.75) is 44.7 Å². The molecule has 3 amide bonds. The SMILES string of the molecule is Cn1c(-c2cn(-c3ccc(NCCN)cn3)nc2C(F)(F)F)cnc1C(=O)Nc1ccc(C(=O)N2CCN(C(=O)CCC[N+](CCCCN)(CCCCN)CC(=O)O)CC2)c(Cl)c1. The second kappa shape index (κ2) is 22.1. The molecule has 0 saturated carbocycles. The average Bonchev–Trinajstić information content (AvgIpc) is 3.87. The molecule has 5 rings (SSSR count). The van der Waals surface area contributed by atoms with Gasteiger partial charge in [0.05, 0.1) is 59.6 Å². The molecular weight excluding hydrogens is 847 g/mol. The van der Waals surface area contributed by atoms with E-state index in [0.29, 0.717) is 75.5 Å².